The lowest BCUT2D eigenvalue weighted by Crippen LogP contribution is -2.45. The second-order valence-corrected chi connectivity index (χ2v) is 5.59. The van der Waals surface area contributed by atoms with Crippen LogP contribution in [0, 0.1) is 5.92 Å². The van der Waals surface area contributed by atoms with Crippen LogP contribution in [0.2, 0.25) is 0 Å². The summed E-state index contributed by atoms with van der Waals surface area (Å²) < 4.78 is 0. The van der Waals surface area contributed by atoms with Gasteiger partial charge in [0.25, 0.3) is 5.91 Å². The van der Waals surface area contributed by atoms with E-state index >= 15 is 0 Å². The van der Waals surface area contributed by atoms with Crippen molar-refractivity contribution in [3.63, 3.8) is 0 Å². The van der Waals surface area contributed by atoms with Gasteiger partial charge in [0.1, 0.15) is 6.04 Å². The smallest absolute Gasteiger partial charge is 0.326 e. The number of rotatable bonds is 6. The van der Waals surface area contributed by atoms with Crippen LogP contribution >= 0.6 is 0 Å². The van der Waals surface area contributed by atoms with Gasteiger partial charge in [-0.2, -0.15) is 0 Å². The van der Waals surface area contributed by atoms with E-state index in [1.807, 2.05) is 56.3 Å². The molecule has 0 aliphatic rings. The second-order valence-electron chi connectivity index (χ2n) is 5.59. The van der Waals surface area contributed by atoms with Crippen molar-refractivity contribution in [2.24, 2.45) is 5.92 Å². The molecule has 2 aromatic carbocycles. The van der Waals surface area contributed by atoms with Gasteiger partial charge in [0, 0.05) is 5.56 Å². The topological polar surface area (TPSA) is 66.4 Å². The standard InChI is InChI=1S/C19H21NO3/c1-3-13(2)17(19(22)23)20-18(21)16-12-8-7-11-15(16)14-9-5-4-6-10-14/h4-13,17H,3H2,1-2H3,(H,20,21)(H,22,23)/t13-,17-/m0/s1. The average molecular weight is 311 g/mol. The number of carbonyl (C=O) groups excluding carboxylic acids is 1. The number of amides is 1. The first kappa shape index (κ1) is 16.7. The van der Waals surface area contributed by atoms with E-state index in [2.05, 4.69) is 5.32 Å². The van der Waals surface area contributed by atoms with Crippen molar-refractivity contribution in [2.75, 3.05) is 0 Å². The van der Waals surface area contributed by atoms with Gasteiger partial charge >= 0.3 is 5.97 Å². The number of hydrogen-bond acceptors (Lipinski definition) is 2. The van der Waals surface area contributed by atoms with E-state index in [0.717, 1.165) is 11.1 Å². The first-order valence-electron chi connectivity index (χ1n) is 7.72. The Balaban J connectivity index is 2.32. The van der Waals surface area contributed by atoms with Crippen LogP contribution in [0.4, 0.5) is 0 Å². The summed E-state index contributed by atoms with van der Waals surface area (Å²) in [6.45, 7) is 3.73. The number of benzene rings is 2. The minimum Gasteiger partial charge on any atom is -0.480 e. The van der Waals surface area contributed by atoms with Crippen molar-refractivity contribution in [3.05, 3.63) is 60.2 Å². The van der Waals surface area contributed by atoms with Gasteiger partial charge in [0.2, 0.25) is 0 Å². The highest BCUT2D eigenvalue weighted by Crippen LogP contribution is 2.23. The van der Waals surface area contributed by atoms with Crippen molar-refractivity contribution in [3.8, 4) is 11.1 Å². The molecule has 0 aliphatic heterocycles. The molecule has 2 aromatic rings. The van der Waals surface area contributed by atoms with Crippen LogP contribution in [0.15, 0.2) is 54.6 Å². The third-order valence-electron chi connectivity index (χ3n) is 4.02. The zero-order valence-corrected chi connectivity index (χ0v) is 13.3. The maximum absolute atomic E-state index is 12.6. The van der Waals surface area contributed by atoms with Gasteiger partial charge in [-0.05, 0) is 23.1 Å². The number of aliphatic carboxylic acids is 1. The summed E-state index contributed by atoms with van der Waals surface area (Å²) in [4.78, 5) is 24.0. The second kappa shape index (κ2) is 7.58. The first-order chi connectivity index (χ1) is 11.0. The van der Waals surface area contributed by atoms with E-state index in [-0.39, 0.29) is 11.8 Å². The van der Waals surface area contributed by atoms with Crippen molar-refractivity contribution >= 4 is 11.9 Å². The lowest BCUT2D eigenvalue weighted by Gasteiger charge is -2.21. The average Bonchev–Trinajstić information content (AvgIpc) is 2.59. The molecule has 2 rings (SSSR count). The van der Waals surface area contributed by atoms with Crippen LogP contribution < -0.4 is 5.32 Å². The maximum Gasteiger partial charge on any atom is 0.326 e. The van der Waals surface area contributed by atoms with Crippen molar-refractivity contribution in [1.82, 2.24) is 5.32 Å². The molecule has 0 heterocycles. The molecule has 1 amide bonds. The summed E-state index contributed by atoms with van der Waals surface area (Å²) in [5, 5.41) is 12.0. The minimum absolute atomic E-state index is 0.139. The molecule has 2 atom stereocenters. The zero-order valence-electron chi connectivity index (χ0n) is 13.3. The zero-order chi connectivity index (χ0) is 16.8. The fraction of sp³-hybridized carbons (Fsp3) is 0.263. The Labute approximate surface area is 136 Å². The van der Waals surface area contributed by atoms with Crippen LogP contribution in [0.3, 0.4) is 0 Å². The Hall–Kier alpha value is -2.62. The molecule has 0 aromatic heterocycles. The quantitative estimate of drug-likeness (QED) is 0.857. The van der Waals surface area contributed by atoms with Crippen molar-refractivity contribution < 1.29 is 14.7 Å². The predicted molar refractivity (Wildman–Crippen MR) is 90.2 cm³/mol. The number of hydrogen-bond donors (Lipinski definition) is 2. The molecule has 0 saturated heterocycles. The predicted octanol–water partition coefficient (Wildman–Crippen LogP) is 3.58. The summed E-state index contributed by atoms with van der Waals surface area (Å²) in [5.41, 5.74) is 2.20. The molecule has 0 unspecified atom stereocenters. The van der Waals surface area contributed by atoms with Gasteiger partial charge in [-0.25, -0.2) is 4.79 Å². The van der Waals surface area contributed by atoms with Gasteiger partial charge in [0.05, 0.1) is 0 Å². The van der Waals surface area contributed by atoms with E-state index in [9.17, 15) is 14.7 Å². The van der Waals surface area contributed by atoms with Crippen molar-refractivity contribution in [1.29, 1.82) is 0 Å². The fourth-order valence-electron chi connectivity index (χ4n) is 2.45. The van der Waals surface area contributed by atoms with Gasteiger partial charge in [0.15, 0.2) is 0 Å². The Bertz CT molecular complexity index is 682. The molecular weight excluding hydrogens is 290 g/mol. The molecule has 0 saturated carbocycles. The van der Waals surface area contributed by atoms with E-state index in [4.69, 9.17) is 0 Å². The minimum atomic E-state index is -1.01. The molecule has 0 radical (unpaired) electrons. The highest BCUT2D eigenvalue weighted by molar-refractivity contribution is 6.02. The van der Waals surface area contributed by atoms with Gasteiger partial charge in [-0.15, -0.1) is 0 Å². The molecule has 23 heavy (non-hydrogen) atoms. The SMILES string of the molecule is CC[C@H](C)[C@H](NC(=O)c1ccccc1-c1ccccc1)C(=O)O. The summed E-state index contributed by atoms with van der Waals surface area (Å²) in [5.74, 6) is -1.51. The monoisotopic (exact) mass is 311 g/mol. The Morgan fingerprint density at radius 1 is 1.04 bits per heavy atom. The number of nitrogens with one attached hydrogen (secondary N) is 1. The number of carboxylic acids is 1. The molecule has 0 fully saturated rings. The third-order valence-corrected chi connectivity index (χ3v) is 4.02. The number of carboxylic acid groups (broad SMARTS) is 1. The maximum atomic E-state index is 12.6. The summed E-state index contributed by atoms with van der Waals surface area (Å²) in [6.07, 6.45) is 0.678. The van der Waals surface area contributed by atoms with Crippen LogP contribution in [-0.2, 0) is 4.79 Å². The Morgan fingerprint density at radius 3 is 2.26 bits per heavy atom. The van der Waals surface area contributed by atoms with Gasteiger partial charge in [-0.3, -0.25) is 4.79 Å². The molecule has 4 heteroatoms. The van der Waals surface area contributed by atoms with Crippen LogP contribution in [0.5, 0.6) is 0 Å². The summed E-state index contributed by atoms with van der Waals surface area (Å²) >= 11 is 0. The molecule has 0 bridgehead atoms. The third kappa shape index (κ3) is 3.97. The summed E-state index contributed by atoms with van der Waals surface area (Å²) in [6, 6.07) is 15.9. The van der Waals surface area contributed by atoms with E-state index < -0.39 is 12.0 Å². The molecule has 0 aliphatic carbocycles. The number of carbonyl (C=O) groups is 2. The highest BCUT2D eigenvalue weighted by atomic mass is 16.4. The Morgan fingerprint density at radius 2 is 1.65 bits per heavy atom. The molecule has 2 N–H and O–H groups in total. The van der Waals surface area contributed by atoms with E-state index in [1.54, 1.807) is 12.1 Å². The van der Waals surface area contributed by atoms with E-state index in [0.29, 0.717) is 12.0 Å². The van der Waals surface area contributed by atoms with Crippen molar-refractivity contribution in [2.45, 2.75) is 26.3 Å². The molecule has 4 nitrogen and oxygen atoms in total. The highest BCUT2D eigenvalue weighted by Gasteiger charge is 2.26. The molecular formula is C19H21NO3. The van der Waals surface area contributed by atoms with Crippen LogP contribution in [0.25, 0.3) is 11.1 Å². The summed E-state index contributed by atoms with van der Waals surface area (Å²) in [7, 11) is 0. The van der Waals surface area contributed by atoms with Crippen LogP contribution in [0.1, 0.15) is 30.6 Å². The normalized spacial score (nSPS) is 13.1. The van der Waals surface area contributed by atoms with Gasteiger partial charge < -0.3 is 10.4 Å². The lowest BCUT2D eigenvalue weighted by atomic mass is 9.96. The molecule has 0 spiro atoms. The van der Waals surface area contributed by atoms with E-state index in [1.165, 1.54) is 0 Å². The molecule has 120 valence electrons. The van der Waals surface area contributed by atoms with Gasteiger partial charge in [-0.1, -0.05) is 68.8 Å². The lowest BCUT2D eigenvalue weighted by molar-refractivity contribution is -0.140. The van der Waals surface area contributed by atoms with Crippen LogP contribution in [-0.4, -0.2) is 23.0 Å². The fourth-order valence-corrected chi connectivity index (χ4v) is 2.45. The Kier molecular flexibility index (Phi) is 5.52. The largest absolute Gasteiger partial charge is 0.480 e. The first-order valence-corrected chi connectivity index (χ1v) is 7.72.